The smallest absolute Gasteiger partial charge is 0.0517 e. The fourth-order valence-electron chi connectivity index (χ4n) is 6.87. The largest absolute Gasteiger partial charge is 0.698 e. The van der Waals surface area contributed by atoms with Crippen LogP contribution in [0.4, 0.5) is 5.69 Å². The maximum Gasteiger partial charge on any atom is 0.0517 e. The maximum absolute atomic E-state index is 7.82. The maximum atomic E-state index is 7.82. The molecule has 11 heteroatoms. The van der Waals surface area contributed by atoms with Gasteiger partial charge < -0.3 is 19.4 Å². The molecule has 0 aliphatic heterocycles. The zero-order valence-corrected chi connectivity index (χ0v) is 58.2. The third-order valence-corrected chi connectivity index (χ3v) is 12.7. The van der Waals surface area contributed by atoms with Gasteiger partial charge in [-0.1, -0.05) is 33.4 Å². The summed E-state index contributed by atoms with van der Waals surface area (Å²) in [6, 6.07) is 0. The Morgan fingerprint density at radius 3 is 0.707 bits per heavy atom. The van der Waals surface area contributed by atoms with Crippen molar-refractivity contribution in [1.29, 1.82) is 0 Å². The van der Waals surface area contributed by atoms with Gasteiger partial charge in [-0.25, -0.2) is 0 Å². The average Bonchev–Trinajstić information content (AvgIpc) is 3.47. The van der Waals surface area contributed by atoms with Gasteiger partial charge in [0.25, 0.3) is 0 Å². The molecule has 0 atom stereocenters. The second-order valence-electron chi connectivity index (χ2n) is 14.5. The quantitative estimate of drug-likeness (QED) is 0.148. The molecule has 0 aliphatic carbocycles. The summed E-state index contributed by atoms with van der Waals surface area (Å²) in [5, 5.41) is 1.46. The van der Waals surface area contributed by atoms with E-state index in [1.165, 1.54) is 106 Å². The predicted octanol–water partition coefficient (Wildman–Crippen LogP) is 14.3. The number of aromatic nitrogens is 3. The predicted molar refractivity (Wildman–Crippen MR) is 234 cm³/mol. The Morgan fingerprint density at radius 1 is 0.259 bits per heavy atom. The first-order valence-electron chi connectivity index (χ1n) is 17.4. The Hall–Kier alpha value is 1.16. The fourth-order valence-corrected chi connectivity index (χ4v) is 6.87. The molecule has 0 fully saturated rings. The van der Waals surface area contributed by atoms with Crippen LogP contribution in [-0.2, 0) is 169 Å². The Labute approximate surface area is 459 Å². The van der Waals surface area contributed by atoms with Crippen LogP contribution < -0.4 is 0 Å². The minimum absolute atomic E-state index is 0. The van der Waals surface area contributed by atoms with Crippen LogP contribution in [0.5, 0.6) is 0 Å². The number of benzene rings is 2. The number of fused-ring (bicyclic) bond motifs is 1. The van der Waals surface area contributed by atoms with Crippen LogP contribution in [-0.4, -0.2) is 13.7 Å². The van der Waals surface area contributed by atoms with Crippen LogP contribution in [0.15, 0.2) is 0 Å². The molecule has 0 radical (unpaired) electrons. The zero-order chi connectivity index (χ0) is 37.4. The van der Waals surface area contributed by atoms with E-state index < -0.39 is 0 Å². The van der Waals surface area contributed by atoms with Gasteiger partial charge in [-0.3, -0.25) is 0 Å². The monoisotopic (exact) mass is 1990 g/mol. The molecule has 1 N–H and O–H groups in total. The summed E-state index contributed by atoms with van der Waals surface area (Å²) < 4.78 is 6.81. The molecule has 0 saturated carbocycles. The van der Waals surface area contributed by atoms with Crippen molar-refractivity contribution < 1.29 is 147 Å². The summed E-state index contributed by atoms with van der Waals surface area (Å²) >= 11 is 0. The number of hydrogen-bond acceptors (Lipinski definition) is 0. The molecular weight excluding hydrogens is 1910 g/mol. The van der Waals surface area contributed by atoms with Crippen LogP contribution in [0, 0.1) is 132 Å². The molecule has 5 aromatic rings. The van der Waals surface area contributed by atoms with Crippen LogP contribution in [0.3, 0.4) is 0 Å². The molecule has 0 bridgehead atoms. The molecule has 2 aromatic carbocycles. The van der Waals surface area contributed by atoms with E-state index in [4.69, 9.17) is 5.73 Å². The van der Waals surface area contributed by atoms with Gasteiger partial charge in [-0.2, -0.15) is 0 Å². The molecule has 5 rings (SSSR count). The van der Waals surface area contributed by atoms with Crippen molar-refractivity contribution >= 4 is 16.6 Å². The number of nitrogens with zero attached hydrogens (tertiary/aromatic N) is 3. The fraction of sp³-hybridized carbons (Fsp3) is 0.532. The summed E-state index contributed by atoms with van der Waals surface area (Å²) in [6.45, 7) is 41.1. The van der Waals surface area contributed by atoms with E-state index in [9.17, 15) is 0 Å². The van der Waals surface area contributed by atoms with Gasteiger partial charge in [0.15, 0.2) is 0 Å². The first-order valence-corrected chi connectivity index (χ1v) is 17.4. The van der Waals surface area contributed by atoms with E-state index in [0.29, 0.717) is 5.69 Å². The topological polar surface area (TPSA) is 38.6 Å². The summed E-state index contributed by atoms with van der Waals surface area (Å²) in [6.07, 6.45) is 0. The van der Waals surface area contributed by atoms with Gasteiger partial charge in [0.05, 0.1) is 5.52 Å². The molecule has 3 aromatic heterocycles. The minimum atomic E-state index is 0. The third kappa shape index (κ3) is 16.3. The second kappa shape index (κ2) is 32.8. The Kier molecular flexibility index (Phi) is 44.9. The summed E-state index contributed by atoms with van der Waals surface area (Å²) in [5.41, 5.74) is 35.9. The standard InChI is InChI=1S/C15H21N.C11H16N.2C9H15N.3CH4.7W/c1-8-9(2)11(4)15-14(10(8)3)12(5)13(6)16(15)7;1-6-7(2)9(4)11(12)10(5)8(6)3;2*1-6-7(2)9(4)10(5)8(6)3;;;;;;;;;;/h1-7H3;12H,1-5H3;2*1-5H3;3*1H4;;;;;;;/q;-1;;;;;;;;;;;;. The Balaban J connectivity index is -0.0000000758. The van der Waals surface area contributed by atoms with Crippen molar-refractivity contribution in [3.05, 3.63) is 112 Å². The zero-order valence-electron chi connectivity index (χ0n) is 37.7. The molecule has 4 nitrogen and oxygen atoms in total. The van der Waals surface area contributed by atoms with Crippen LogP contribution in [0.25, 0.3) is 16.6 Å². The number of hydrogen-bond donors (Lipinski definition) is 0. The van der Waals surface area contributed by atoms with Crippen molar-refractivity contribution in [2.45, 2.75) is 154 Å². The van der Waals surface area contributed by atoms with Crippen LogP contribution >= 0.6 is 0 Å². The molecule has 0 saturated heterocycles. The second-order valence-corrected chi connectivity index (χ2v) is 14.5. The Bertz CT molecular complexity index is 1640. The number of rotatable bonds is 0. The van der Waals surface area contributed by atoms with Gasteiger partial charge in [0.2, 0.25) is 0 Å². The summed E-state index contributed by atoms with van der Waals surface area (Å²) in [5.74, 6) is 0. The molecule has 0 spiro atoms. The first-order chi connectivity index (χ1) is 21.9. The molecule has 58 heavy (non-hydrogen) atoms. The van der Waals surface area contributed by atoms with Gasteiger partial charge >= 0.3 is 0 Å². The Morgan fingerprint density at radius 2 is 0.466 bits per heavy atom. The van der Waals surface area contributed by atoms with E-state index >= 15 is 0 Å². The van der Waals surface area contributed by atoms with Crippen molar-refractivity contribution in [2.75, 3.05) is 0 Å². The average molecular weight is 1990 g/mol. The van der Waals surface area contributed by atoms with Gasteiger partial charge in [0, 0.05) is 202 Å². The summed E-state index contributed by atoms with van der Waals surface area (Å²) in [7, 11) is 6.40. The van der Waals surface area contributed by atoms with E-state index in [2.05, 4.69) is 153 Å². The molecular formula is C47H79N4W7-. The van der Waals surface area contributed by atoms with Crippen molar-refractivity contribution in [1.82, 2.24) is 13.7 Å². The summed E-state index contributed by atoms with van der Waals surface area (Å²) in [4.78, 5) is 0. The van der Waals surface area contributed by atoms with Crippen molar-refractivity contribution in [3.63, 3.8) is 0 Å². The molecule has 330 valence electrons. The van der Waals surface area contributed by atoms with Crippen LogP contribution in [0.2, 0.25) is 0 Å². The van der Waals surface area contributed by atoms with E-state index in [1.54, 1.807) is 0 Å². The van der Waals surface area contributed by atoms with E-state index in [0.717, 1.165) is 11.1 Å². The SMILES string of the molecule is C.C.C.Cc1c(C)c(C)c([NH-])c(C)c1C.Cc1c(C)c(C)c2c(c1C)c(C)c(C)n2C.Cc1c(C)c(C)n(C)c1C.Cc1c(C)c(C)n(C)c1C.[W].[W].[W].[W].[W].[W].[W]. The molecule has 3 heterocycles. The van der Waals surface area contributed by atoms with E-state index in [-0.39, 0.29) is 170 Å². The minimum Gasteiger partial charge on any atom is -0.698 e. The van der Waals surface area contributed by atoms with E-state index in [1.807, 2.05) is 13.8 Å². The molecule has 0 aliphatic rings. The normalized spacial score (nSPS) is 8.93. The van der Waals surface area contributed by atoms with Crippen molar-refractivity contribution in [3.8, 4) is 0 Å². The van der Waals surface area contributed by atoms with Crippen LogP contribution in [0.1, 0.15) is 129 Å². The third-order valence-electron chi connectivity index (χ3n) is 12.7. The molecule has 0 unspecified atom stereocenters. The van der Waals surface area contributed by atoms with Gasteiger partial charge in [0.1, 0.15) is 0 Å². The van der Waals surface area contributed by atoms with Gasteiger partial charge in [-0.15, -0.1) is 5.69 Å². The van der Waals surface area contributed by atoms with Gasteiger partial charge in [-0.05, 0) is 198 Å². The van der Waals surface area contributed by atoms with Crippen molar-refractivity contribution in [2.24, 2.45) is 21.1 Å². The first kappa shape index (κ1) is 79.5. The molecule has 0 amide bonds. The number of nitrogens with one attached hydrogen (secondary N) is 1. The number of aryl methyl sites for hydroxylation is 4.